The number of rotatable bonds is 15. The van der Waals surface area contributed by atoms with Crippen LogP contribution < -0.4 is 14.8 Å². The molecule has 39 heavy (non-hydrogen) atoms. The van der Waals surface area contributed by atoms with Crippen molar-refractivity contribution < 1.29 is 43.9 Å². The Kier molecular flexibility index (Phi) is 11.3. The lowest BCUT2D eigenvalue weighted by atomic mass is 9.77. The molecule has 4 atom stereocenters. The van der Waals surface area contributed by atoms with Crippen molar-refractivity contribution in [2.45, 2.75) is 70.3 Å². The summed E-state index contributed by atoms with van der Waals surface area (Å²) in [6.45, 7) is 4.07. The summed E-state index contributed by atoms with van der Waals surface area (Å²) in [6.07, 6.45) is 0.764. The molecule has 0 saturated carbocycles. The SMILES string of the molecule is CCOCCCN(C(=O)CCCC(C)=O)[C@@H]1C=C(C(=O)NCCO)[C@@H]2c3cc(CO)cc(OC)c3O[C@@H]2[C@H]1O. The summed E-state index contributed by atoms with van der Waals surface area (Å²) >= 11 is 0. The minimum absolute atomic E-state index is 0.0118. The maximum atomic E-state index is 13.4. The molecule has 0 aromatic heterocycles. The third-order valence-corrected chi connectivity index (χ3v) is 6.99. The van der Waals surface area contributed by atoms with Crippen molar-refractivity contribution in [2.75, 3.05) is 40.0 Å². The van der Waals surface area contributed by atoms with Gasteiger partial charge in [0.2, 0.25) is 11.8 Å². The first kappa shape index (κ1) is 30.6. The molecular formula is C28H40N2O9. The third kappa shape index (κ3) is 7.16. The molecule has 0 unspecified atom stereocenters. The standard InChI is InChI=1S/C28H40N2O9/c1-4-38-12-6-10-30(23(34)8-5-7-17(2)33)21-15-20(28(36)29-9-11-31)24-19-13-18(16-32)14-22(37-3)26(19)39-27(24)25(21)35/h13-15,21,24-25,27,31-32,35H,4-12,16H2,1-3H3,(H,29,36)/t21-,24+,25+,27+/m1/s1. The van der Waals surface area contributed by atoms with Crippen molar-refractivity contribution in [3.63, 3.8) is 0 Å². The Balaban J connectivity index is 2.03. The van der Waals surface area contributed by atoms with Gasteiger partial charge in [-0.25, -0.2) is 0 Å². The Morgan fingerprint density at radius 3 is 2.56 bits per heavy atom. The molecule has 0 bridgehead atoms. The number of methoxy groups -OCH3 is 1. The molecule has 0 saturated heterocycles. The maximum Gasteiger partial charge on any atom is 0.247 e. The van der Waals surface area contributed by atoms with E-state index in [1.54, 1.807) is 18.2 Å². The van der Waals surface area contributed by atoms with Gasteiger partial charge < -0.3 is 44.5 Å². The molecule has 3 rings (SSSR count). The van der Waals surface area contributed by atoms with Gasteiger partial charge in [-0.1, -0.05) is 0 Å². The molecule has 4 N–H and O–H groups in total. The molecule has 0 radical (unpaired) electrons. The van der Waals surface area contributed by atoms with Crippen molar-refractivity contribution in [2.24, 2.45) is 0 Å². The topological polar surface area (TPSA) is 155 Å². The largest absolute Gasteiger partial charge is 0.493 e. The molecule has 1 aliphatic carbocycles. The number of hydrogen-bond acceptors (Lipinski definition) is 9. The molecule has 0 spiro atoms. The molecule has 0 fully saturated rings. The highest BCUT2D eigenvalue weighted by atomic mass is 16.5. The lowest BCUT2D eigenvalue weighted by Crippen LogP contribution is -2.56. The fourth-order valence-electron chi connectivity index (χ4n) is 5.17. The predicted octanol–water partition coefficient (Wildman–Crippen LogP) is 0.825. The van der Waals surface area contributed by atoms with Crippen molar-refractivity contribution >= 4 is 17.6 Å². The van der Waals surface area contributed by atoms with E-state index in [0.717, 1.165) is 0 Å². The van der Waals surface area contributed by atoms with Crippen LogP contribution in [0.15, 0.2) is 23.8 Å². The lowest BCUT2D eigenvalue weighted by Gasteiger charge is -2.40. The molecule has 11 heteroatoms. The van der Waals surface area contributed by atoms with Gasteiger partial charge in [-0.2, -0.15) is 0 Å². The van der Waals surface area contributed by atoms with Gasteiger partial charge in [0.15, 0.2) is 11.5 Å². The number of carbonyl (C=O) groups excluding carboxylic acids is 3. The van der Waals surface area contributed by atoms with Gasteiger partial charge in [-0.3, -0.25) is 9.59 Å². The van der Waals surface area contributed by atoms with Crippen LogP contribution >= 0.6 is 0 Å². The zero-order valence-electron chi connectivity index (χ0n) is 22.9. The molecule has 216 valence electrons. The fraction of sp³-hybridized carbons (Fsp3) is 0.607. The first-order valence-corrected chi connectivity index (χ1v) is 13.4. The van der Waals surface area contributed by atoms with Gasteiger partial charge in [0.25, 0.3) is 0 Å². The van der Waals surface area contributed by atoms with E-state index in [9.17, 15) is 29.7 Å². The highest BCUT2D eigenvalue weighted by Gasteiger charge is 2.51. The molecule has 2 amide bonds. The Labute approximate surface area is 228 Å². The second-order valence-corrected chi connectivity index (χ2v) is 9.71. The van der Waals surface area contributed by atoms with E-state index in [2.05, 4.69) is 5.32 Å². The Morgan fingerprint density at radius 2 is 1.92 bits per heavy atom. The number of carbonyl (C=O) groups is 3. The highest BCUT2D eigenvalue weighted by Crippen LogP contribution is 2.51. The molecule has 2 aliphatic rings. The van der Waals surface area contributed by atoms with Crippen LogP contribution in [0.4, 0.5) is 0 Å². The van der Waals surface area contributed by atoms with Crippen molar-refractivity contribution in [1.82, 2.24) is 10.2 Å². The Hall–Kier alpha value is -2.99. The van der Waals surface area contributed by atoms with Crippen LogP contribution in [0, 0.1) is 0 Å². The van der Waals surface area contributed by atoms with Gasteiger partial charge in [-0.05, 0) is 50.5 Å². The van der Waals surface area contributed by atoms with Crippen LogP contribution in [0.25, 0.3) is 0 Å². The zero-order valence-corrected chi connectivity index (χ0v) is 22.9. The molecule has 1 aromatic carbocycles. The summed E-state index contributed by atoms with van der Waals surface area (Å²) in [6, 6.07) is 2.47. The monoisotopic (exact) mass is 548 g/mol. The van der Waals surface area contributed by atoms with E-state index in [4.69, 9.17) is 14.2 Å². The number of benzene rings is 1. The molecular weight excluding hydrogens is 508 g/mol. The number of ketones is 1. The van der Waals surface area contributed by atoms with Gasteiger partial charge in [0.1, 0.15) is 18.0 Å². The van der Waals surface area contributed by atoms with Gasteiger partial charge >= 0.3 is 0 Å². The Morgan fingerprint density at radius 1 is 1.15 bits per heavy atom. The van der Waals surface area contributed by atoms with Crippen LogP contribution in [-0.4, -0.2) is 96.1 Å². The van der Waals surface area contributed by atoms with Crippen LogP contribution in [0.5, 0.6) is 11.5 Å². The van der Waals surface area contributed by atoms with Crippen LogP contribution in [0.1, 0.15) is 56.6 Å². The van der Waals surface area contributed by atoms with Gasteiger partial charge in [-0.15, -0.1) is 0 Å². The minimum Gasteiger partial charge on any atom is -0.493 e. The van der Waals surface area contributed by atoms with Crippen LogP contribution in [-0.2, 0) is 25.7 Å². The number of hydrogen-bond donors (Lipinski definition) is 4. The van der Waals surface area contributed by atoms with E-state index in [1.807, 2.05) is 6.92 Å². The lowest BCUT2D eigenvalue weighted by molar-refractivity contribution is -0.137. The van der Waals surface area contributed by atoms with E-state index in [-0.39, 0.29) is 56.4 Å². The van der Waals surface area contributed by atoms with E-state index < -0.39 is 30.1 Å². The minimum atomic E-state index is -1.19. The maximum absolute atomic E-state index is 13.4. The smallest absolute Gasteiger partial charge is 0.247 e. The number of nitrogens with one attached hydrogen (secondary N) is 1. The highest BCUT2D eigenvalue weighted by molar-refractivity contribution is 5.96. The van der Waals surface area contributed by atoms with E-state index in [1.165, 1.54) is 18.9 Å². The number of aliphatic hydroxyl groups excluding tert-OH is 3. The molecule has 1 heterocycles. The number of fused-ring (bicyclic) bond motifs is 3. The number of amides is 2. The fourth-order valence-corrected chi connectivity index (χ4v) is 5.17. The van der Waals surface area contributed by atoms with Gasteiger partial charge in [0, 0.05) is 50.3 Å². The first-order valence-electron chi connectivity index (χ1n) is 13.4. The second-order valence-electron chi connectivity index (χ2n) is 9.71. The summed E-state index contributed by atoms with van der Waals surface area (Å²) in [7, 11) is 1.46. The average Bonchev–Trinajstić information content (AvgIpc) is 3.31. The van der Waals surface area contributed by atoms with Gasteiger partial charge in [0.05, 0.1) is 32.3 Å². The third-order valence-electron chi connectivity index (χ3n) is 6.99. The van der Waals surface area contributed by atoms with Crippen LogP contribution in [0.2, 0.25) is 0 Å². The average molecular weight is 549 g/mol. The summed E-state index contributed by atoms with van der Waals surface area (Å²) in [5, 5.41) is 33.3. The molecule has 1 aromatic rings. The van der Waals surface area contributed by atoms with Crippen LogP contribution in [0.3, 0.4) is 0 Å². The van der Waals surface area contributed by atoms with Crippen molar-refractivity contribution in [1.29, 1.82) is 0 Å². The summed E-state index contributed by atoms with van der Waals surface area (Å²) in [5.41, 5.74) is 1.42. The number of Topliss-reactive ketones (excluding diaryl/α,β-unsaturated/α-hetero) is 1. The quantitative estimate of drug-likeness (QED) is 0.233. The van der Waals surface area contributed by atoms with Crippen molar-refractivity contribution in [3.8, 4) is 11.5 Å². The zero-order chi connectivity index (χ0) is 28.5. The molecule has 1 aliphatic heterocycles. The number of aliphatic hydroxyl groups is 3. The summed E-state index contributed by atoms with van der Waals surface area (Å²) < 4.78 is 17.1. The normalized spacial score (nSPS) is 21.3. The molecule has 11 nitrogen and oxygen atoms in total. The summed E-state index contributed by atoms with van der Waals surface area (Å²) in [4.78, 5) is 39.7. The van der Waals surface area contributed by atoms with Crippen molar-refractivity contribution in [3.05, 3.63) is 34.9 Å². The van der Waals surface area contributed by atoms with E-state index in [0.29, 0.717) is 48.7 Å². The number of nitrogens with zero attached hydrogens (tertiary/aromatic N) is 1. The summed E-state index contributed by atoms with van der Waals surface area (Å²) in [5.74, 6) is -0.693. The predicted molar refractivity (Wildman–Crippen MR) is 141 cm³/mol. The second kappa shape index (κ2) is 14.4. The number of ether oxygens (including phenoxy) is 3. The first-order chi connectivity index (χ1) is 18.8. The van der Waals surface area contributed by atoms with E-state index >= 15 is 0 Å². The Bertz CT molecular complexity index is 1060.